The number of primary amides is 1. The summed E-state index contributed by atoms with van der Waals surface area (Å²) in [5.74, 6) is -0.102. The largest absolute Gasteiger partial charge is 0.366 e. The van der Waals surface area contributed by atoms with Crippen LogP contribution in [0.2, 0.25) is 0 Å². The first-order valence-electron chi connectivity index (χ1n) is 15.2. The summed E-state index contributed by atoms with van der Waals surface area (Å²) in [7, 11) is 0. The van der Waals surface area contributed by atoms with Gasteiger partial charge in [0, 0.05) is 19.8 Å². The molecule has 4 aromatic rings. The molecule has 9 nitrogen and oxygen atoms in total. The molecule has 2 aromatic heterocycles. The maximum atomic E-state index is 12.5. The molecule has 0 saturated heterocycles. The van der Waals surface area contributed by atoms with Crippen LogP contribution in [0.4, 0.5) is 0 Å². The maximum absolute atomic E-state index is 12.5. The number of benzene rings is 2. The molecule has 0 fully saturated rings. The van der Waals surface area contributed by atoms with E-state index >= 15 is 0 Å². The Labute approximate surface area is 272 Å². The van der Waals surface area contributed by atoms with Crippen LogP contribution in [-0.4, -0.2) is 37.0 Å². The average Bonchev–Trinajstić information content (AvgIpc) is 3.43. The van der Waals surface area contributed by atoms with Crippen LogP contribution in [-0.2, 0) is 12.8 Å². The van der Waals surface area contributed by atoms with E-state index < -0.39 is 5.91 Å². The molecule has 0 aliphatic heterocycles. The fourth-order valence-electron chi connectivity index (χ4n) is 6.67. The number of aryl methyl sites for hydroxylation is 4. The lowest BCUT2D eigenvalue weighted by molar-refractivity contribution is 0.0900. The fourth-order valence-corrected chi connectivity index (χ4v) is 6.67. The Morgan fingerprint density at radius 3 is 1.61 bits per heavy atom. The average molecular weight is 623 g/mol. The van der Waals surface area contributed by atoms with Gasteiger partial charge < -0.3 is 5.73 Å². The van der Waals surface area contributed by atoms with Gasteiger partial charge in [-0.25, -0.2) is 9.36 Å². The number of ketones is 2. The minimum atomic E-state index is -0.441. The number of nitrogens with zero attached hydrogens (tertiary/aromatic N) is 5. The zero-order valence-corrected chi connectivity index (χ0v) is 27.3. The number of carbonyl (C=O) groups excluding carboxylic acids is 3. The summed E-state index contributed by atoms with van der Waals surface area (Å²) in [6.07, 6.45) is 2.74. The standard InChI is InChI=1S/C18H21N3O2.C18H19N3O.CH4.H2/c1-10-7-12(5-6-13(10)17(19)23)21-14-8-18(3,4)9-15(22)16(14)11(2)20-21;1-11-7-14(6-5-13(11)10-19)21-15-8-18(3,4)9-16(22)17(15)12(2)20-21;;/h5-7H,8-9H2,1-4H3,(H2,19,23);5-7H,8-9H2,1-4H3;1H4;1H. The number of carbonyl (C=O) groups is 3. The molecule has 0 spiro atoms. The smallest absolute Gasteiger partial charge is 0.248 e. The number of hydrogen-bond acceptors (Lipinski definition) is 6. The van der Waals surface area contributed by atoms with Gasteiger partial charge in [0.2, 0.25) is 5.91 Å². The van der Waals surface area contributed by atoms with E-state index in [0.717, 1.165) is 69.2 Å². The topological polar surface area (TPSA) is 137 Å². The van der Waals surface area contributed by atoms with Gasteiger partial charge in [0.05, 0.1) is 56.9 Å². The molecule has 2 N–H and O–H groups in total. The lowest BCUT2D eigenvalue weighted by atomic mass is 9.75. The SMILES string of the molecule is C.Cc1cc(-n2nc(C)c3c2CC(C)(C)CC3=O)ccc1C#N.Cc1cc(-n2nc(C)c3c2CC(C)(C)CC3=O)ccc1C(N)=O.[HH]. The highest BCUT2D eigenvalue weighted by atomic mass is 16.1. The zero-order chi connectivity index (χ0) is 33.0. The molecule has 2 aliphatic rings. The molecule has 0 unspecified atom stereocenters. The Bertz CT molecular complexity index is 1940. The van der Waals surface area contributed by atoms with Gasteiger partial charge in [0.25, 0.3) is 0 Å². The Morgan fingerprint density at radius 1 is 0.783 bits per heavy atom. The molecule has 9 heteroatoms. The summed E-state index contributed by atoms with van der Waals surface area (Å²) < 4.78 is 3.71. The molecule has 0 bridgehead atoms. The Kier molecular flexibility index (Phi) is 9.00. The third-order valence-electron chi connectivity index (χ3n) is 8.74. The number of hydrogen-bond donors (Lipinski definition) is 1. The Balaban J connectivity index is 0.000000245. The minimum Gasteiger partial charge on any atom is -0.366 e. The van der Waals surface area contributed by atoms with E-state index in [-0.39, 0.29) is 31.2 Å². The van der Waals surface area contributed by atoms with Crippen LogP contribution in [0.15, 0.2) is 36.4 Å². The van der Waals surface area contributed by atoms with Gasteiger partial charge in [-0.3, -0.25) is 14.4 Å². The van der Waals surface area contributed by atoms with Gasteiger partial charge in [0.1, 0.15) is 0 Å². The maximum Gasteiger partial charge on any atom is 0.248 e. The second-order valence-corrected chi connectivity index (χ2v) is 14.0. The van der Waals surface area contributed by atoms with Gasteiger partial charge in [-0.1, -0.05) is 35.1 Å². The van der Waals surface area contributed by atoms with Crippen molar-refractivity contribution in [3.63, 3.8) is 0 Å². The van der Waals surface area contributed by atoms with E-state index in [4.69, 9.17) is 11.0 Å². The van der Waals surface area contributed by atoms with Gasteiger partial charge in [-0.15, -0.1) is 0 Å². The van der Waals surface area contributed by atoms with Crippen LogP contribution >= 0.6 is 0 Å². The predicted octanol–water partition coefficient (Wildman–Crippen LogP) is 7.14. The van der Waals surface area contributed by atoms with E-state index in [1.54, 1.807) is 6.07 Å². The van der Waals surface area contributed by atoms with Crippen LogP contribution in [0.1, 0.15) is 120 Å². The fraction of sp³-hybridized carbons (Fsp3) is 0.405. The number of Topliss-reactive ketones (excluding diaryl/α,β-unsaturated/α-hetero) is 2. The van der Waals surface area contributed by atoms with Crippen molar-refractivity contribution in [3.05, 3.63) is 92.6 Å². The van der Waals surface area contributed by atoms with Gasteiger partial charge >= 0.3 is 0 Å². The first-order chi connectivity index (χ1) is 21.0. The van der Waals surface area contributed by atoms with E-state index in [1.165, 1.54) is 0 Å². The monoisotopic (exact) mass is 622 g/mol. The van der Waals surface area contributed by atoms with Crippen molar-refractivity contribution < 1.29 is 15.8 Å². The second kappa shape index (κ2) is 12.2. The van der Waals surface area contributed by atoms with E-state index in [9.17, 15) is 14.4 Å². The lowest BCUT2D eigenvalue weighted by Gasteiger charge is -2.29. The number of amides is 1. The van der Waals surface area contributed by atoms with Crippen LogP contribution in [0.5, 0.6) is 0 Å². The Hall–Kier alpha value is -4.84. The molecular formula is C37H46N6O3. The molecule has 0 radical (unpaired) electrons. The van der Waals surface area contributed by atoms with Gasteiger partial charge in [-0.05, 0) is 98.9 Å². The molecule has 0 atom stereocenters. The number of nitriles is 1. The van der Waals surface area contributed by atoms with Gasteiger partial charge in [0.15, 0.2) is 11.6 Å². The quantitative estimate of drug-likeness (QED) is 0.258. The summed E-state index contributed by atoms with van der Waals surface area (Å²) in [6, 6.07) is 13.3. The molecule has 46 heavy (non-hydrogen) atoms. The van der Waals surface area contributed by atoms with Crippen molar-refractivity contribution in [2.24, 2.45) is 16.6 Å². The van der Waals surface area contributed by atoms with Crippen molar-refractivity contribution in [3.8, 4) is 17.4 Å². The normalized spacial score (nSPS) is 15.9. The van der Waals surface area contributed by atoms with Crippen molar-refractivity contribution in [2.75, 3.05) is 0 Å². The van der Waals surface area contributed by atoms with Crippen molar-refractivity contribution in [1.29, 1.82) is 5.26 Å². The second-order valence-electron chi connectivity index (χ2n) is 14.0. The molecule has 2 aromatic carbocycles. The first-order valence-corrected chi connectivity index (χ1v) is 15.2. The number of aromatic nitrogens is 4. The third-order valence-corrected chi connectivity index (χ3v) is 8.74. The van der Waals surface area contributed by atoms with E-state index in [0.29, 0.717) is 24.0 Å². The summed E-state index contributed by atoms with van der Waals surface area (Å²) in [6.45, 7) is 16.0. The van der Waals surface area contributed by atoms with Crippen molar-refractivity contribution in [2.45, 2.75) is 88.5 Å². The zero-order valence-electron chi connectivity index (χ0n) is 27.3. The van der Waals surface area contributed by atoms with Crippen molar-refractivity contribution in [1.82, 2.24) is 19.6 Å². The van der Waals surface area contributed by atoms with E-state index in [1.807, 2.05) is 67.4 Å². The molecule has 0 saturated carbocycles. The molecular weight excluding hydrogens is 576 g/mol. The lowest BCUT2D eigenvalue weighted by Crippen LogP contribution is -2.28. The highest BCUT2D eigenvalue weighted by molar-refractivity contribution is 6.00. The summed E-state index contributed by atoms with van der Waals surface area (Å²) >= 11 is 0. The first kappa shape index (κ1) is 34.0. The van der Waals surface area contributed by atoms with Crippen molar-refractivity contribution >= 4 is 17.5 Å². The number of rotatable bonds is 3. The van der Waals surface area contributed by atoms with Gasteiger partial charge in [-0.2, -0.15) is 15.5 Å². The van der Waals surface area contributed by atoms with E-state index in [2.05, 4.69) is 44.0 Å². The van der Waals surface area contributed by atoms with Crippen LogP contribution in [0.25, 0.3) is 11.4 Å². The highest BCUT2D eigenvalue weighted by Crippen LogP contribution is 2.38. The molecule has 242 valence electrons. The predicted molar refractivity (Wildman–Crippen MR) is 181 cm³/mol. The minimum absolute atomic E-state index is 0. The summed E-state index contributed by atoms with van der Waals surface area (Å²) in [5, 5.41) is 18.2. The summed E-state index contributed by atoms with van der Waals surface area (Å²) in [5.41, 5.74) is 14.9. The summed E-state index contributed by atoms with van der Waals surface area (Å²) in [4.78, 5) is 36.3. The third kappa shape index (κ3) is 6.30. The van der Waals surface area contributed by atoms with Crippen LogP contribution in [0, 0.1) is 49.9 Å². The molecule has 6 rings (SSSR count). The molecule has 1 amide bonds. The number of nitrogens with two attached hydrogens (primary N) is 1. The van der Waals surface area contributed by atoms with Crippen LogP contribution < -0.4 is 5.73 Å². The van der Waals surface area contributed by atoms with Crippen LogP contribution in [0.3, 0.4) is 0 Å². The number of fused-ring (bicyclic) bond motifs is 2. The Morgan fingerprint density at radius 2 is 1.22 bits per heavy atom. The highest BCUT2D eigenvalue weighted by Gasteiger charge is 2.37. The molecule has 2 aliphatic carbocycles. The molecule has 2 heterocycles.